The molecule has 1 aliphatic rings. The van der Waals surface area contributed by atoms with E-state index in [0.717, 1.165) is 33.0 Å². The van der Waals surface area contributed by atoms with E-state index in [4.69, 9.17) is 35.2 Å². The number of nitrogens with two attached hydrogens (primary N) is 1. The van der Waals surface area contributed by atoms with Gasteiger partial charge in [-0.05, 0) is 43.3 Å². The van der Waals surface area contributed by atoms with Crippen LogP contribution in [0.3, 0.4) is 0 Å². The SMILES string of the molecule is Cc1ccc(Oc2cc(OCc3cccc(Cl)n3)c3[nH]c(C4=NCC(CC(N)=O)S4)cc3c2)cc1.O=S=O. The maximum atomic E-state index is 11.3. The van der Waals surface area contributed by atoms with Gasteiger partial charge in [0.25, 0.3) is 0 Å². The van der Waals surface area contributed by atoms with Crippen molar-refractivity contribution in [3.63, 3.8) is 0 Å². The molecule has 9 nitrogen and oxygen atoms in total. The molecule has 1 amide bonds. The number of nitrogens with zero attached hydrogens (tertiary/aromatic N) is 2. The highest BCUT2D eigenvalue weighted by Gasteiger charge is 2.24. The first-order valence-corrected chi connectivity index (χ1v) is 13.3. The van der Waals surface area contributed by atoms with Crippen LogP contribution in [0.25, 0.3) is 10.9 Å². The average Bonchev–Trinajstić information content (AvgIpc) is 3.51. The number of thioether (sulfide) groups is 1. The van der Waals surface area contributed by atoms with E-state index in [1.165, 1.54) is 0 Å². The van der Waals surface area contributed by atoms with Gasteiger partial charge in [-0.2, -0.15) is 8.42 Å². The number of aromatic nitrogens is 2. The molecule has 0 aliphatic carbocycles. The number of halogens is 1. The molecule has 1 aliphatic heterocycles. The zero-order valence-electron chi connectivity index (χ0n) is 20.2. The molecule has 2 aromatic heterocycles. The van der Waals surface area contributed by atoms with Crippen molar-refractivity contribution in [2.24, 2.45) is 10.7 Å². The lowest BCUT2D eigenvalue weighted by atomic mass is 10.2. The highest BCUT2D eigenvalue weighted by atomic mass is 35.5. The number of rotatable bonds is 8. The van der Waals surface area contributed by atoms with Gasteiger partial charge < -0.3 is 20.2 Å². The summed E-state index contributed by atoms with van der Waals surface area (Å²) in [6.07, 6.45) is 0.299. The molecule has 0 saturated heterocycles. The zero-order chi connectivity index (χ0) is 27.1. The first kappa shape index (κ1) is 27.4. The first-order valence-electron chi connectivity index (χ1n) is 11.4. The topological polar surface area (TPSA) is 137 Å². The minimum Gasteiger partial charge on any atom is -0.485 e. The van der Waals surface area contributed by atoms with Crippen LogP contribution in [0.4, 0.5) is 0 Å². The van der Waals surface area contributed by atoms with Gasteiger partial charge >= 0.3 is 11.6 Å². The van der Waals surface area contributed by atoms with Crippen molar-refractivity contribution >= 4 is 56.8 Å². The number of hydrogen-bond acceptors (Lipinski definition) is 8. The number of ether oxygens (including phenoxy) is 2. The summed E-state index contributed by atoms with van der Waals surface area (Å²) in [5, 5.41) is 2.23. The van der Waals surface area contributed by atoms with Crippen LogP contribution in [0.15, 0.2) is 65.7 Å². The molecule has 4 aromatic rings. The third kappa shape index (κ3) is 7.21. The van der Waals surface area contributed by atoms with E-state index < -0.39 is 11.6 Å². The molecule has 12 heteroatoms. The number of aryl methyl sites for hydroxylation is 1. The normalized spacial score (nSPS) is 14.4. The number of aliphatic imine (C=N–C) groups is 1. The number of benzene rings is 2. The molecule has 3 heterocycles. The molecule has 196 valence electrons. The molecular formula is C26H23ClN4O5S2. The standard InChI is InChI=1S/C26H23ClN4O3S.O2S/c1-15-5-7-18(8-6-15)34-19-9-16-10-21(26-29-13-20(35-26)12-24(28)32)31-25(16)22(11-19)33-14-17-3-2-4-23(27)30-17;1-3-2/h2-11,20,31H,12-14H2,1H3,(H2,28,32);. The Morgan fingerprint density at radius 3 is 2.63 bits per heavy atom. The predicted octanol–water partition coefficient (Wildman–Crippen LogP) is 4.96. The van der Waals surface area contributed by atoms with Gasteiger partial charge in [0.05, 0.1) is 23.4 Å². The monoisotopic (exact) mass is 570 g/mol. The lowest BCUT2D eigenvalue weighted by Gasteiger charge is -2.11. The summed E-state index contributed by atoms with van der Waals surface area (Å²) in [5.41, 5.74) is 8.91. The van der Waals surface area contributed by atoms with Gasteiger partial charge in [-0.15, -0.1) is 0 Å². The van der Waals surface area contributed by atoms with Crippen LogP contribution in [0, 0.1) is 6.92 Å². The predicted molar refractivity (Wildman–Crippen MR) is 149 cm³/mol. The van der Waals surface area contributed by atoms with Gasteiger partial charge in [0.2, 0.25) is 5.91 Å². The fourth-order valence-corrected chi connectivity index (χ4v) is 5.07. The second-order valence-corrected chi connectivity index (χ2v) is 10.2. The van der Waals surface area contributed by atoms with Crippen LogP contribution in [-0.4, -0.2) is 41.1 Å². The van der Waals surface area contributed by atoms with Crippen molar-refractivity contribution < 1.29 is 22.7 Å². The molecule has 0 bridgehead atoms. The zero-order valence-corrected chi connectivity index (χ0v) is 22.6. The van der Waals surface area contributed by atoms with Gasteiger partial charge in [-0.3, -0.25) is 9.79 Å². The number of carbonyl (C=O) groups excluding carboxylic acids is 1. The van der Waals surface area contributed by atoms with Crippen molar-refractivity contribution in [1.29, 1.82) is 0 Å². The van der Waals surface area contributed by atoms with Crippen LogP contribution in [0.2, 0.25) is 5.15 Å². The number of nitrogens with one attached hydrogen (secondary N) is 1. The van der Waals surface area contributed by atoms with Crippen LogP contribution < -0.4 is 15.2 Å². The second kappa shape index (κ2) is 12.7. The van der Waals surface area contributed by atoms with Gasteiger partial charge in [0.15, 0.2) is 0 Å². The summed E-state index contributed by atoms with van der Waals surface area (Å²) in [7, 11) is 0. The Balaban J connectivity index is 0.00000107. The summed E-state index contributed by atoms with van der Waals surface area (Å²) in [5.74, 6) is 1.68. The van der Waals surface area contributed by atoms with Crippen LogP contribution >= 0.6 is 23.4 Å². The van der Waals surface area contributed by atoms with Gasteiger partial charge in [-0.25, -0.2) is 4.98 Å². The number of amides is 1. The molecule has 5 rings (SSSR count). The average molecular weight is 571 g/mol. The van der Waals surface area contributed by atoms with E-state index in [-0.39, 0.29) is 17.8 Å². The van der Waals surface area contributed by atoms with Gasteiger partial charge in [0.1, 0.15) is 34.1 Å². The smallest absolute Gasteiger partial charge is 0.335 e. The lowest BCUT2D eigenvalue weighted by molar-refractivity contribution is -0.117. The molecule has 0 radical (unpaired) electrons. The van der Waals surface area contributed by atoms with E-state index in [2.05, 4.69) is 15.0 Å². The Kier molecular flexibility index (Phi) is 9.16. The summed E-state index contributed by atoms with van der Waals surface area (Å²) >= 11 is 6.83. The maximum Gasteiger partial charge on any atom is 0.335 e. The van der Waals surface area contributed by atoms with E-state index in [0.29, 0.717) is 35.3 Å². The molecule has 3 N–H and O–H groups in total. The number of carbonyl (C=O) groups is 1. The van der Waals surface area contributed by atoms with Gasteiger partial charge in [0, 0.05) is 23.1 Å². The van der Waals surface area contributed by atoms with Gasteiger partial charge in [-0.1, -0.05) is 47.1 Å². The van der Waals surface area contributed by atoms with Crippen molar-refractivity contribution in [3.8, 4) is 17.2 Å². The molecule has 0 saturated carbocycles. The van der Waals surface area contributed by atoms with E-state index in [1.807, 2.05) is 61.5 Å². The molecule has 2 aromatic carbocycles. The highest BCUT2D eigenvalue weighted by Crippen LogP contribution is 2.36. The number of H-pyrrole nitrogens is 1. The van der Waals surface area contributed by atoms with Crippen molar-refractivity contribution in [1.82, 2.24) is 9.97 Å². The third-order valence-corrected chi connectivity index (χ3v) is 6.88. The Morgan fingerprint density at radius 1 is 1.16 bits per heavy atom. The Hall–Kier alpha value is -3.67. The first-order chi connectivity index (χ1) is 18.3. The van der Waals surface area contributed by atoms with E-state index in [1.54, 1.807) is 17.8 Å². The minimum atomic E-state index is -0.750. The van der Waals surface area contributed by atoms with Crippen LogP contribution in [0.1, 0.15) is 23.4 Å². The molecule has 38 heavy (non-hydrogen) atoms. The molecular weight excluding hydrogens is 548 g/mol. The molecule has 0 spiro atoms. The minimum absolute atomic E-state index is 0.0546. The lowest BCUT2D eigenvalue weighted by Crippen LogP contribution is -2.18. The van der Waals surface area contributed by atoms with Crippen molar-refractivity contribution in [3.05, 3.63) is 82.8 Å². The Morgan fingerprint density at radius 2 is 1.92 bits per heavy atom. The van der Waals surface area contributed by atoms with Crippen LogP contribution in [0.5, 0.6) is 17.2 Å². The fraction of sp³-hybridized carbons (Fsp3) is 0.192. The number of primary amides is 1. The third-order valence-electron chi connectivity index (χ3n) is 5.45. The maximum absolute atomic E-state index is 11.3. The summed E-state index contributed by atoms with van der Waals surface area (Å²) in [6.45, 7) is 2.84. The summed E-state index contributed by atoms with van der Waals surface area (Å²) < 4.78 is 28.9. The molecule has 1 atom stereocenters. The number of hydrogen-bond donors (Lipinski definition) is 2. The molecule has 1 unspecified atom stereocenters. The van der Waals surface area contributed by atoms with Crippen molar-refractivity contribution in [2.75, 3.05) is 6.54 Å². The van der Waals surface area contributed by atoms with E-state index in [9.17, 15) is 4.79 Å². The second-order valence-electron chi connectivity index (χ2n) is 8.35. The highest BCUT2D eigenvalue weighted by molar-refractivity contribution is 8.15. The van der Waals surface area contributed by atoms with Crippen molar-refractivity contribution in [2.45, 2.75) is 25.2 Å². The number of aromatic amines is 1. The van der Waals surface area contributed by atoms with Crippen LogP contribution in [-0.2, 0) is 23.0 Å². The summed E-state index contributed by atoms with van der Waals surface area (Å²) in [6, 6.07) is 19.1. The Labute approximate surface area is 231 Å². The fourth-order valence-electron chi connectivity index (χ4n) is 3.79. The number of fused-ring (bicyclic) bond motifs is 1. The number of pyridine rings is 1. The summed E-state index contributed by atoms with van der Waals surface area (Å²) in [4.78, 5) is 23.7. The largest absolute Gasteiger partial charge is 0.485 e. The van der Waals surface area contributed by atoms with E-state index >= 15 is 0 Å². The molecule has 0 fully saturated rings. The quantitative estimate of drug-likeness (QED) is 0.285. The Bertz CT molecular complexity index is 1520.